The van der Waals surface area contributed by atoms with Crippen LogP contribution in [0.4, 0.5) is 0 Å². The van der Waals surface area contributed by atoms with Gasteiger partial charge in [-0.15, -0.1) is 0 Å². The van der Waals surface area contributed by atoms with Crippen molar-refractivity contribution in [3.63, 3.8) is 0 Å². The van der Waals surface area contributed by atoms with Crippen molar-refractivity contribution < 1.29 is 13.2 Å². The van der Waals surface area contributed by atoms with Crippen LogP contribution in [0.5, 0.6) is 5.75 Å². The van der Waals surface area contributed by atoms with Crippen LogP contribution in [0.2, 0.25) is 0 Å². The molecule has 6 nitrogen and oxygen atoms in total. The number of benzene rings is 3. The number of rotatable bonds is 9. The highest BCUT2D eigenvalue weighted by Gasteiger charge is 2.23. The lowest BCUT2D eigenvalue weighted by Gasteiger charge is -2.21. The number of nitrogens with one attached hydrogen (secondary N) is 1. The van der Waals surface area contributed by atoms with E-state index in [2.05, 4.69) is 18.6 Å². The number of ether oxygens (including phenoxy) is 1. The zero-order chi connectivity index (χ0) is 24.3. The van der Waals surface area contributed by atoms with Crippen molar-refractivity contribution in [2.24, 2.45) is 5.92 Å². The summed E-state index contributed by atoms with van der Waals surface area (Å²) in [6.07, 6.45) is 0.647. The molecule has 0 aliphatic carbocycles. The molecule has 0 aliphatic heterocycles. The van der Waals surface area contributed by atoms with E-state index in [9.17, 15) is 13.2 Å². The molecule has 0 amide bonds. The summed E-state index contributed by atoms with van der Waals surface area (Å²) >= 11 is 1.06. The molecule has 0 saturated carbocycles. The maximum atomic E-state index is 13.3. The summed E-state index contributed by atoms with van der Waals surface area (Å²) in [7, 11) is -2.21. The number of sulfonamides is 1. The van der Waals surface area contributed by atoms with Crippen LogP contribution in [0.15, 0.2) is 82.5 Å². The maximum absolute atomic E-state index is 13.3. The standard InChI is InChI=1S/C26H28N2O4S2/c1-18(2)15-23(20-9-11-21(32-3)12-10-20)27-34(30,31)22-13-14-24-25(16-22)33-26(29)28(24)17-19-7-5-4-6-8-19/h4-14,16,18,23,27H,15,17H2,1-3H3/t23-/m0/s1. The number of nitrogens with zero attached hydrogens (tertiary/aromatic N) is 1. The van der Waals surface area contributed by atoms with E-state index >= 15 is 0 Å². The van der Waals surface area contributed by atoms with Gasteiger partial charge in [0.1, 0.15) is 5.75 Å². The molecule has 3 aromatic carbocycles. The van der Waals surface area contributed by atoms with Gasteiger partial charge in [-0.1, -0.05) is 67.6 Å². The van der Waals surface area contributed by atoms with Gasteiger partial charge in [0.25, 0.3) is 0 Å². The molecule has 1 aromatic heterocycles. The Bertz CT molecular complexity index is 1420. The van der Waals surface area contributed by atoms with Crippen LogP contribution in [-0.4, -0.2) is 20.1 Å². The average molecular weight is 497 g/mol. The Morgan fingerprint density at radius 2 is 1.71 bits per heavy atom. The third-order valence-corrected chi connectivity index (χ3v) is 8.07. The Kier molecular flexibility index (Phi) is 7.21. The number of hydrogen-bond acceptors (Lipinski definition) is 5. The number of hydrogen-bond donors (Lipinski definition) is 1. The fourth-order valence-electron chi connectivity index (χ4n) is 3.94. The second-order valence-electron chi connectivity index (χ2n) is 8.65. The van der Waals surface area contributed by atoms with Crippen LogP contribution in [0, 0.1) is 5.92 Å². The lowest BCUT2D eigenvalue weighted by Crippen LogP contribution is -2.29. The smallest absolute Gasteiger partial charge is 0.308 e. The summed E-state index contributed by atoms with van der Waals surface area (Å²) in [6.45, 7) is 4.56. The zero-order valence-corrected chi connectivity index (χ0v) is 21.0. The number of aromatic nitrogens is 1. The minimum Gasteiger partial charge on any atom is -0.497 e. The molecule has 178 valence electrons. The first-order valence-corrected chi connectivity index (χ1v) is 13.4. The van der Waals surface area contributed by atoms with E-state index in [-0.39, 0.29) is 21.7 Å². The summed E-state index contributed by atoms with van der Waals surface area (Å²) in [4.78, 5) is 12.7. The van der Waals surface area contributed by atoms with E-state index in [0.717, 1.165) is 33.7 Å². The van der Waals surface area contributed by atoms with Gasteiger partial charge >= 0.3 is 4.87 Å². The lowest BCUT2D eigenvalue weighted by atomic mass is 9.98. The molecule has 8 heteroatoms. The Balaban J connectivity index is 1.64. The molecule has 0 aliphatic rings. The monoisotopic (exact) mass is 496 g/mol. The van der Waals surface area contributed by atoms with Crippen LogP contribution < -0.4 is 14.3 Å². The van der Waals surface area contributed by atoms with Gasteiger partial charge in [-0.05, 0) is 53.8 Å². The normalized spacial score (nSPS) is 12.8. The van der Waals surface area contributed by atoms with E-state index in [4.69, 9.17) is 4.74 Å². The van der Waals surface area contributed by atoms with Crippen molar-refractivity contribution >= 4 is 31.6 Å². The van der Waals surface area contributed by atoms with Crippen molar-refractivity contribution in [3.8, 4) is 5.75 Å². The van der Waals surface area contributed by atoms with Gasteiger partial charge in [-0.2, -0.15) is 0 Å². The predicted octanol–water partition coefficient (Wildman–Crippen LogP) is 5.19. The Labute approximate surface area is 203 Å². The molecule has 4 rings (SSSR count). The Morgan fingerprint density at radius 1 is 1.00 bits per heavy atom. The maximum Gasteiger partial charge on any atom is 0.308 e. The summed E-state index contributed by atoms with van der Waals surface area (Å²) in [6, 6.07) is 21.6. The average Bonchev–Trinajstić information content (AvgIpc) is 3.13. The van der Waals surface area contributed by atoms with Crippen molar-refractivity contribution in [2.45, 2.75) is 37.8 Å². The van der Waals surface area contributed by atoms with Crippen molar-refractivity contribution in [2.75, 3.05) is 7.11 Å². The first-order valence-electron chi connectivity index (χ1n) is 11.1. The second kappa shape index (κ2) is 10.1. The number of fused-ring (bicyclic) bond motifs is 1. The molecule has 1 atom stereocenters. The summed E-state index contributed by atoms with van der Waals surface area (Å²) in [5.74, 6) is 1.00. The molecule has 4 aromatic rings. The van der Waals surface area contributed by atoms with E-state index in [1.165, 1.54) is 0 Å². The fourth-order valence-corrected chi connectivity index (χ4v) is 6.21. The SMILES string of the molecule is COc1ccc([C@H](CC(C)C)NS(=O)(=O)c2ccc3c(c2)sc(=O)n3Cc2ccccc2)cc1. The summed E-state index contributed by atoms with van der Waals surface area (Å²) < 4.78 is 37.1. The minimum atomic E-state index is -3.81. The highest BCUT2D eigenvalue weighted by atomic mass is 32.2. The van der Waals surface area contributed by atoms with Crippen LogP contribution in [0.3, 0.4) is 0 Å². The quantitative estimate of drug-likeness (QED) is 0.346. The summed E-state index contributed by atoms with van der Waals surface area (Å²) in [5, 5.41) is 0. The molecule has 0 bridgehead atoms. The predicted molar refractivity (Wildman–Crippen MR) is 137 cm³/mol. The molecule has 0 unspecified atom stereocenters. The summed E-state index contributed by atoms with van der Waals surface area (Å²) in [5.41, 5.74) is 2.61. The highest BCUT2D eigenvalue weighted by molar-refractivity contribution is 7.89. The highest BCUT2D eigenvalue weighted by Crippen LogP contribution is 2.27. The van der Waals surface area contributed by atoms with Crippen molar-refractivity contribution in [3.05, 3.63) is 93.6 Å². The van der Waals surface area contributed by atoms with Gasteiger partial charge < -0.3 is 4.74 Å². The minimum absolute atomic E-state index is 0.114. The molecule has 1 heterocycles. The Hall–Kier alpha value is -2.94. The van der Waals surface area contributed by atoms with Gasteiger partial charge in [0.2, 0.25) is 10.0 Å². The van der Waals surface area contributed by atoms with E-state index in [1.54, 1.807) is 29.9 Å². The first-order chi connectivity index (χ1) is 16.3. The third kappa shape index (κ3) is 5.41. The largest absolute Gasteiger partial charge is 0.497 e. The van der Waals surface area contributed by atoms with E-state index in [0.29, 0.717) is 17.7 Å². The van der Waals surface area contributed by atoms with Gasteiger partial charge in [0.15, 0.2) is 0 Å². The van der Waals surface area contributed by atoms with Crippen molar-refractivity contribution in [1.29, 1.82) is 0 Å². The molecular formula is C26H28N2O4S2. The van der Waals surface area contributed by atoms with Gasteiger partial charge in [0, 0.05) is 6.04 Å². The van der Waals surface area contributed by atoms with Gasteiger partial charge in [-0.3, -0.25) is 9.36 Å². The first kappa shape index (κ1) is 24.2. The molecular weight excluding hydrogens is 468 g/mol. The topological polar surface area (TPSA) is 77.4 Å². The van der Waals surface area contributed by atoms with Crippen molar-refractivity contribution in [1.82, 2.24) is 9.29 Å². The van der Waals surface area contributed by atoms with E-state index < -0.39 is 10.0 Å². The fraction of sp³-hybridized carbons (Fsp3) is 0.269. The Morgan fingerprint density at radius 3 is 2.35 bits per heavy atom. The number of thiazole rings is 1. The molecule has 0 saturated heterocycles. The van der Waals surface area contributed by atoms with Crippen LogP contribution in [-0.2, 0) is 16.6 Å². The number of methoxy groups -OCH3 is 1. The molecule has 1 N–H and O–H groups in total. The lowest BCUT2D eigenvalue weighted by molar-refractivity contribution is 0.414. The zero-order valence-electron chi connectivity index (χ0n) is 19.4. The molecule has 0 spiro atoms. The molecule has 0 radical (unpaired) electrons. The van der Waals surface area contributed by atoms with Gasteiger partial charge in [-0.25, -0.2) is 13.1 Å². The third-order valence-electron chi connectivity index (χ3n) is 5.66. The van der Waals surface area contributed by atoms with Gasteiger partial charge in [0.05, 0.1) is 28.8 Å². The molecule has 34 heavy (non-hydrogen) atoms. The second-order valence-corrected chi connectivity index (χ2v) is 11.4. The van der Waals surface area contributed by atoms with Crippen LogP contribution >= 0.6 is 11.3 Å². The van der Waals surface area contributed by atoms with Crippen LogP contribution in [0.1, 0.15) is 37.4 Å². The van der Waals surface area contributed by atoms with E-state index in [1.807, 2.05) is 54.6 Å². The molecule has 0 fully saturated rings. The van der Waals surface area contributed by atoms with Crippen LogP contribution in [0.25, 0.3) is 10.2 Å².